The summed E-state index contributed by atoms with van der Waals surface area (Å²) in [5, 5.41) is 0. The lowest BCUT2D eigenvalue weighted by Gasteiger charge is -2.35. The Balaban J connectivity index is 2.81. The van der Waals surface area contributed by atoms with Crippen LogP contribution in [-0.4, -0.2) is 42.8 Å². The minimum Gasteiger partial charge on any atom is -0.456 e. The van der Waals surface area contributed by atoms with Gasteiger partial charge in [-0.3, -0.25) is 14.4 Å². The van der Waals surface area contributed by atoms with Crippen LogP contribution < -0.4 is 0 Å². The first-order valence-electron chi connectivity index (χ1n) is 7.05. The van der Waals surface area contributed by atoms with Crippen molar-refractivity contribution in [2.45, 2.75) is 58.3 Å². The van der Waals surface area contributed by atoms with Gasteiger partial charge < -0.3 is 18.9 Å². The summed E-state index contributed by atoms with van der Waals surface area (Å²) in [6, 6.07) is 0. The van der Waals surface area contributed by atoms with E-state index in [9.17, 15) is 14.4 Å². The number of hydrogen-bond donors (Lipinski definition) is 0. The summed E-state index contributed by atoms with van der Waals surface area (Å²) in [5.74, 6) is -1.37. The second-order valence-electron chi connectivity index (χ2n) is 4.47. The van der Waals surface area contributed by atoms with Crippen LogP contribution in [0.2, 0.25) is 0 Å². The fraction of sp³-hybridized carbons (Fsp3) is 0.714. The van der Waals surface area contributed by atoms with Crippen LogP contribution in [0.3, 0.4) is 0 Å². The molecule has 1 aliphatic heterocycles. The maximum atomic E-state index is 11.5. The van der Waals surface area contributed by atoms with Gasteiger partial charge in [-0.05, 0) is 0 Å². The van der Waals surface area contributed by atoms with Crippen LogP contribution in [0.25, 0.3) is 0 Å². The molecule has 0 aromatic heterocycles. The Hall–Kier alpha value is -1.63. The Bertz CT molecular complexity index is 354. The first-order valence-corrected chi connectivity index (χ1v) is 7.05. The first-order chi connectivity index (χ1) is 10.0. The predicted octanol–water partition coefficient (Wildman–Crippen LogP) is 1.14. The van der Waals surface area contributed by atoms with E-state index in [1.165, 1.54) is 6.61 Å². The minimum atomic E-state index is -0.892. The topological polar surface area (TPSA) is 88.1 Å². The summed E-state index contributed by atoms with van der Waals surface area (Å²) in [6.45, 7) is 6.28. The lowest BCUT2D eigenvalue weighted by molar-refractivity contribution is -0.201. The lowest BCUT2D eigenvalue weighted by Crippen LogP contribution is -2.51. The molecule has 0 spiro atoms. The molecule has 0 amide bonds. The summed E-state index contributed by atoms with van der Waals surface area (Å²) in [5.41, 5.74) is 0. The molecule has 1 aliphatic rings. The van der Waals surface area contributed by atoms with Crippen LogP contribution in [0.5, 0.6) is 0 Å². The van der Waals surface area contributed by atoms with Gasteiger partial charge in [-0.2, -0.15) is 0 Å². The Labute approximate surface area is 123 Å². The number of hydrogen-bond acceptors (Lipinski definition) is 7. The molecular weight excluding hydrogens is 280 g/mol. The van der Waals surface area contributed by atoms with E-state index in [4.69, 9.17) is 18.9 Å². The summed E-state index contributed by atoms with van der Waals surface area (Å²) < 4.78 is 20.8. The van der Waals surface area contributed by atoms with Crippen LogP contribution in [0.4, 0.5) is 0 Å². The Kier molecular flexibility index (Phi) is 7.14. The smallest absolute Gasteiger partial charge is 0.306 e. The quantitative estimate of drug-likeness (QED) is 0.537. The normalized spacial score (nSPS) is 25.0. The largest absolute Gasteiger partial charge is 0.456 e. The zero-order valence-corrected chi connectivity index (χ0v) is 12.5. The number of rotatable bonds is 6. The maximum absolute atomic E-state index is 11.5. The molecule has 1 radical (unpaired) electrons. The molecule has 0 aromatic carbocycles. The summed E-state index contributed by atoms with van der Waals surface area (Å²) in [7, 11) is 0. The summed E-state index contributed by atoms with van der Waals surface area (Å²) in [4.78, 5) is 34.4. The third kappa shape index (κ3) is 5.34. The van der Waals surface area contributed by atoms with E-state index in [-0.39, 0.29) is 25.9 Å². The molecule has 7 nitrogen and oxygen atoms in total. The number of ether oxygens (including phenoxy) is 4. The fourth-order valence-corrected chi connectivity index (χ4v) is 1.69. The van der Waals surface area contributed by atoms with Crippen molar-refractivity contribution < 1.29 is 33.3 Å². The molecule has 0 unspecified atom stereocenters. The Morgan fingerprint density at radius 2 is 1.48 bits per heavy atom. The second-order valence-corrected chi connectivity index (χ2v) is 4.47. The summed E-state index contributed by atoms with van der Waals surface area (Å²) in [6.07, 6.45) is -2.05. The highest BCUT2D eigenvalue weighted by Gasteiger charge is 2.42. The monoisotopic (exact) mass is 301 g/mol. The molecule has 1 fully saturated rings. The molecule has 0 bridgehead atoms. The fourth-order valence-electron chi connectivity index (χ4n) is 1.69. The molecule has 0 aromatic rings. The van der Waals surface area contributed by atoms with E-state index in [2.05, 4.69) is 0 Å². The van der Waals surface area contributed by atoms with Crippen LogP contribution >= 0.6 is 0 Å². The maximum Gasteiger partial charge on any atom is 0.306 e. The third-order valence-corrected chi connectivity index (χ3v) is 2.86. The van der Waals surface area contributed by atoms with E-state index < -0.39 is 36.2 Å². The molecule has 21 heavy (non-hydrogen) atoms. The highest BCUT2D eigenvalue weighted by molar-refractivity contribution is 5.71. The first kappa shape index (κ1) is 17.4. The van der Waals surface area contributed by atoms with E-state index in [1.54, 1.807) is 20.8 Å². The van der Waals surface area contributed by atoms with Gasteiger partial charge in [0.05, 0.1) is 6.61 Å². The molecule has 1 rings (SSSR count). The van der Waals surface area contributed by atoms with Gasteiger partial charge in [0.2, 0.25) is 0 Å². The predicted molar refractivity (Wildman–Crippen MR) is 70.8 cm³/mol. The SMILES string of the molecule is CCC(=O)O[C@@H]1[C@@H](OC(=O)CC)CO[CH][C@H]1OC(=O)CC. The number of carbonyl (C=O) groups is 3. The van der Waals surface area contributed by atoms with Crippen molar-refractivity contribution >= 4 is 17.9 Å². The van der Waals surface area contributed by atoms with Gasteiger partial charge >= 0.3 is 17.9 Å². The number of carbonyl (C=O) groups excluding carboxylic acids is 3. The van der Waals surface area contributed by atoms with Crippen molar-refractivity contribution in [2.75, 3.05) is 6.61 Å². The van der Waals surface area contributed by atoms with E-state index in [0.717, 1.165) is 0 Å². The third-order valence-electron chi connectivity index (χ3n) is 2.86. The molecule has 0 saturated carbocycles. The van der Waals surface area contributed by atoms with Crippen molar-refractivity contribution in [3.05, 3.63) is 6.61 Å². The second kappa shape index (κ2) is 8.61. The van der Waals surface area contributed by atoms with Gasteiger partial charge in [0, 0.05) is 19.3 Å². The van der Waals surface area contributed by atoms with Crippen LogP contribution in [-0.2, 0) is 33.3 Å². The molecule has 0 N–H and O–H groups in total. The average molecular weight is 301 g/mol. The van der Waals surface area contributed by atoms with Gasteiger partial charge in [-0.25, -0.2) is 0 Å². The van der Waals surface area contributed by atoms with Crippen LogP contribution in [0.15, 0.2) is 0 Å². The van der Waals surface area contributed by atoms with Crippen molar-refractivity contribution in [3.8, 4) is 0 Å². The molecule has 0 aliphatic carbocycles. The zero-order chi connectivity index (χ0) is 15.8. The highest BCUT2D eigenvalue weighted by Crippen LogP contribution is 2.22. The highest BCUT2D eigenvalue weighted by atomic mass is 16.6. The van der Waals surface area contributed by atoms with E-state index >= 15 is 0 Å². The van der Waals surface area contributed by atoms with Gasteiger partial charge in [0.25, 0.3) is 0 Å². The van der Waals surface area contributed by atoms with Crippen LogP contribution in [0, 0.1) is 6.61 Å². The van der Waals surface area contributed by atoms with Crippen LogP contribution in [0.1, 0.15) is 40.0 Å². The molecular formula is C14H21O7. The molecule has 3 atom stereocenters. The van der Waals surface area contributed by atoms with E-state index in [0.29, 0.717) is 0 Å². The summed E-state index contributed by atoms with van der Waals surface area (Å²) >= 11 is 0. The van der Waals surface area contributed by atoms with Crippen molar-refractivity contribution in [3.63, 3.8) is 0 Å². The Morgan fingerprint density at radius 1 is 0.952 bits per heavy atom. The van der Waals surface area contributed by atoms with Gasteiger partial charge in [0.15, 0.2) is 18.3 Å². The van der Waals surface area contributed by atoms with Crippen molar-refractivity contribution in [1.82, 2.24) is 0 Å². The van der Waals surface area contributed by atoms with E-state index in [1.807, 2.05) is 0 Å². The van der Waals surface area contributed by atoms with Gasteiger partial charge in [-0.1, -0.05) is 20.8 Å². The zero-order valence-electron chi connectivity index (χ0n) is 12.5. The van der Waals surface area contributed by atoms with Crippen molar-refractivity contribution in [2.24, 2.45) is 0 Å². The molecule has 1 saturated heterocycles. The molecule has 1 heterocycles. The minimum absolute atomic E-state index is 0.0492. The molecule has 7 heteroatoms. The standard InChI is InChI=1S/C14H21O7/c1-4-11(15)19-9-7-18-8-10(20-12(16)5-2)14(9)21-13(17)6-3/h7,9-10,14H,4-6,8H2,1-3H3/t9-,10+,14+/m1/s1. The lowest BCUT2D eigenvalue weighted by atomic mass is 10.1. The number of esters is 3. The van der Waals surface area contributed by atoms with Gasteiger partial charge in [-0.15, -0.1) is 0 Å². The van der Waals surface area contributed by atoms with Crippen molar-refractivity contribution in [1.29, 1.82) is 0 Å². The Morgan fingerprint density at radius 3 is 2.05 bits per heavy atom. The average Bonchev–Trinajstić information content (AvgIpc) is 2.49. The van der Waals surface area contributed by atoms with Gasteiger partial charge in [0.1, 0.15) is 6.61 Å². The molecule has 119 valence electrons.